The fraction of sp³-hybridized carbons (Fsp3) is 0.565. The van der Waals surface area contributed by atoms with Crippen LogP contribution in [0.1, 0.15) is 68.2 Å². The van der Waals surface area contributed by atoms with Gasteiger partial charge >= 0.3 is 6.09 Å². The molecule has 3 atom stereocenters. The Balaban J connectivity index is 1.02. The lowest BCUT2D eigenvalue weighted by Crippen LogP contribution is -2.68. The van der Waals surface area contributed by atoms with Gasteiger partial charge in [0, 0.05) is 41.5 Å². The van der Waals surface area contributed by atoms with Gasteiger partial charge in [0.1, 0.15) is 17.9 Å². The van der Waals surface area contributed by atoms with Crippen LogP contribution in [0.2, 0.25) is 0 Å². The Morgan fingerprint density at radius 1 is 1.24 bits per heavy atom. The SMILES string of the molecule is O=C(NC12CC(C1)C2)O[C@@H]1CC[C@H](c2cc(Nc3nccc4nc(C5CC5)cn34)n[nH]2)[C@@H]1F. The predicted molar refractivity (Wildman–Crippen MR) is 117 cm³/mol. The number of H-pyrrole nitrogens is 1. The van der Waals surface area contributed by atoms with Crippen molar-refractivity contribution < 1.29 is 13.9 Å². The fourth-order valence-electron chi connectivity index (χ4n) is 5.70. The van der Waals surface area contributed by atoms with Crippen LogP contribution >= 0.6 is 0 Å². The Morgan fingerprint density at radius 3 is 2.85 bits per heavy atom. The van der Waals surface area contributed by atoms with Gasteiger partial charge in [-0.25, -0.2) is 19.2 Å². The van der Waals surface area contributed by atoms with Crippen molar-refractivity contribution in [2.45, 2.75) is 74.6 Å². The molecule has 0 spiro atoms. The Labute approximate surface area is 189 Å². The van der Waals surface area contributed by atoms with Gasteiger partial charge in [-0.3, -0.25) is 9.50 Å². The average Bonchev–Trinajstić information content (AvgIpc) is 3.16. The summed E-state index contributed by atoms with van der Waals surface area (Å²) >= 11 is 0. The first-order valence-corrected chi connectivity index (χ1v) is 11.8. The topological polar surface area (TPSA) is 109 Å². The van der Waals surface area contributed by atoms with E-state index in [0.29, 0.717) is 36.2 Å². The van der Waals surface area contributed by atoms with E-state index in [9.17, 15) is 4.79 Å². The number of anilines is 2. The minimum absolute atomic E-state index is 0.0684. The molecule has 172 valence electrons. The molecule has 3 aromatic rings. The zero-order valence-electron chi connectivity index (χ0n) is 18.1. The molecule has 2 bridgehead atoms. The minimum Gasteiger partial charge on any atom is -0.443 e. The molecule has 5 aliphatic carbocycles. The molecule has 1 amide bonds. The van der Waals surface area contributed by atoms with E-state index in [1.54, 1.807) is 12.3 Å². The lowest BCUT2D eigenvalue weighted by molar-refractivity contribution is -0.0532. The molecular weight excluding hydrogens is 425 g/mol. The molecule has 3 heterocycles. The number of amides is 1. The number of alkyl halides is 1. The lowest BCUT2D eigenvalue weighted by atomic mass is 9.50. The summed E-state index contributed by atoms with van der Waals surface area (Å²) in [5, 5.41) is 13.4. The van der Waals surface area contributed by atoms with Gasteiger partial charge in [0.2, 0.25) is 5.95 Å². The molecule has 0 unspecified atom stereocenters. The van der Waals surface area contributed by atoms with E-state index in [1.165, 1.54) is 12.8 Å². The third kappa shape index (κ3) is 3.26. The smallest absolute Gasteiger partial charge is 0.407 e. The van der Waals surface area contributed by atoms with Crippen molar-refractivity contribution in [3.05, 3.63) is 35.9 Å². The molecule has 10 heteroatoms. The Kier molecular flexibility index (Phi) is 4.05. The number of aromatic nitrogens is 5. The third-order valence-electron chi connectivity index (χ3n) is 7.80. The van der Waals surface area contributed by atoms with Gasteiger partial charge in [-0.05, 0) is 56.9 Å². The van der Waals surface area contributed by atoms with E-state index >= 15 is 4.39 Å². The lowest BCUT2D eigenvalue weighted by Gasteiger charge is -2.61. The van der Waals surface area contributed by atoms with E-state index < -0.39 is 18.4 Å². The van der Waals surface area contributed by atoms with E-state index in [4.69, 9.17) is 4.74 Å². The van der Waals surface area contributed by atoms with Crippen molar-refractivity contribution >= 4 is 23.5 Å². The normalized spacial score (nSPS) is 32.3. The Hall–Kier alpha value is -3.17. The second kappa shape index (κ2) is 6.91. The van der Waals surface area contributed by atoms with Crippen molar-refractivity contribution in [3.63, 3.8) is 0 Å². The highest BCUT2D eigenvalue weighted by molar-refractivity contribution is 5.69. The summed E-state index contributed by atoms with van der Waals surface area (Å²) in [5.74, 6) is 2.09. The number of carbonyl (C=O) groups is 1. The average molecular weight is 452 g/mol. The highest BCUT2D eigenvalue weighted by Gasteiger charge is 2.58. The van der Waals surface area contributed by atoms with Crippen LogP contribution in [0, 0.1) is 5.92 Å². The summed E-state index contributed by atoms with van der Waals surface area (Å²) in [6.45, 7) is 0. The standard InChI is InChI=1S/C23H26FN7O2/c24-20-14(3-4-17(20)33-22(32)28-23-8-12(9-23)10-23)15-7-18(30-29-15)27-21-25-6-5-19-26-16(11-31(19)21)13-1-2-13/h5-7,11-14,17,20H,1-4,8-10H2,(H,28,32)(H2,25,27,29,30)/t12?,14-,17-,20+,23?/m1/s1. The molecule has 0 saturated heterocycles. The van der Waals surface area contributed by atoms with E-state index in [1.807, 2.05) is 16.7 Å². The molecule has 5 fully saturated rings. The highest BCUT2D eigenvalue weighted by Crippen LogP contribution is 2.57. The van der Waals surface area contributed by atoms with Crippen molar-refractivity contribution in [2.24, 2.45) is 5.92 Å². The van der Waals surface area contributed by atoms with Crippen LogP contribution in [-0.2, 0) is 4.74 Å². The Morgan fingerprint density at radius 2 is 2.09 bits per heavy atom. The number of rotatable bonds is 6. The summed E-state index contributed by atoms with van der Waals surface area (Å²) in [4.78, 5) is 21.3. The summed E-state index contributed by atoms with van der Waals surface area (Å²) in [6.07, 6.45) is 7.78. The minimum atomic E-state index is -1.27. The van der Waals surface area contributed by atoms with Crippen LogP contribution in [0.15, 0.2) is 24.5 Å². The molecular formula is C23H26FN7O2. The van der Waals surface area contributed by atoms with Gasteiger partial charge in [0.25, 0.3) is 0 Å². The van der Waals surface area contributed by atoms with Crippen molar-refractivity contribution in [2.75, 3.05) is 5.32 Å². The summed E-state index contributed by atoms with van der Waals surface area (Å²) in [6, 6.07) is 3.68. The first-order valence-electron chi connectivity index (χ1n) is 11.8. The highest BCUT2D eigenvalue weighted by atomic mass is 19.1. The van der Waals surface area contributed by atoms with Gasteiger partial charge in [-0.2, -0.15) is 5.10 Å². The zero-order chi connectivity index (χ0) is 22.2. The molecule has 8 rings (SSSR count). The maximum atomic E-state index is 15.2. The van der Waals surface area contributed by atoms with Crippen LogP contribution in [0.3, 0.4) is 0 Å². The number of hydrogen-bond donors (Lipinski definition) is 3. The first-order chi connectivity index (χ1) is 16.1. The molecule has 3 N–H and O–H groups in total. The number of imidazole rings is 1. The van der Waals surface area contributed by atoms with Gasteiger partial charge in [0.05, 0.1) is 5.69 Å². The first kappa shape index (κ1) is 19.3. The van der Waals surface area contributed by atoms with Gasteiger partial charge in [0.15, 0.2) is 5.82 Å². The summed E-state index contributed by atoms with van der Waals surface area (Å²) < 4.78 is 22.5. The molecule has 33 heavy (non-hydrogen) atoms. The number of ether oxygens (including phenoxy) is 1. The van der Waals surface area contributed by atoms with E-state index in [0.717, 1.165) is 36.5 Å². The van der Waals surface area contributed by atoms with Crippen LogP contribution in [0.25, 0.3) is 5.65 Å². The number of nitrogens with zero attached hydrogens (tertiary/aromatic N) is 4. The van der Waals surface area contributed by atoms with Crippen molar-refractivity contribution in [1.82, 2.24) is 29.9 Å². The number of alkyl carbamates (subject to hydrolysis) is 1. The van der Waals surface area contributed by atoms with Crippen LogP contribution in [0.4, 0.5) is 21.0 Å². The second-order valence-electron chi connectivity index (χ2n) is 10.2. The van der Waals surface area contributed by atoms with E-state index in [2.05, 4.69) is 30.8 Å². The maximum absolute atomic E-state index is 15.2. The molecule has 9 nitrogen and oxygen atoms in total. The predicted octanol–water partition coefficient (Wildman–Crippen LogP) is 3.94. The summed E-state index contributed by atoms with van der Waals surface area (Å²) in [5.41, 5.74) is 2.54. The van der Waals surface area contributed by atoms with Crippen LogP contribution in [-0.4, -0.2) is 48.5 Å². The van der Waals surface area contributed by atoms with Crippen molar-refractivity contribution in [1.29, 1.82) is 0 Å². The molecule has 0 aliphatic heterocycles. The van der Waals surface area contributed by atoms with Gasteiger partial charge < -0.3 is 15.4 Å². The molecule has 5 saturated carbocycles. The molecule has 0 radical (unpaired) electrons. The monoisotopic (exact) mass is 451 g/mol. The number of carbonyl (C=O) groups excluding carboxylic acids is 1. The Bertz CT molecular complexity index is 1220. The van der Waals surface area contributed by atoms with Gasteiger partial charge in [-0.15, -0.1) is 0 Å². The van der Waals surface area contributed by atoms with Crippen LogP contribution < -0.4 is 10.6 Å². The molecule has 5 aliphatic rings. The largest absolute Gasteiger partial charge is 0.443 e. The fourth-order valence-corrected chi connectivity index (χ4v) is 5.70. The van der Waals surface area contributed by atoms with Gasteiger partial charge in [-0.1, -0.05) is 0 Å². The quantitative estimate of drug-likeness (QED) is 0.524. The maximum Gasteiger partial charge on any atom is 0.407 e. The molecule has 0 aromatic carbocycles. The third-order valence-corrected chi connectivity index (χ3v) is 7.80. The van der Waals surface area contributed by atoms with E-state index in [-0.39, 0.29) is 11.5 Å². The molecule has 3 aromatic heterocycles. The number of hydrogen-bond acceptors (Lipinski definition) is 6. The number of nitrogens with one attached hydrogen (secondary N) is 3. The second-order valence-corrected chi connectivity index (χ2v) is 10.2. The van der Waals surface area contributed by atoms with Crippen molar-refractivity contribution in [3.8, 4) is 0 Å². The van der Waals surface area contributed by atoms with Crippen LogP contribution in [0.5, 0.6) is 0 Å². The number of aromatic amines is 1. The number of halogens is 1. The summed E-state index contributed by atoms with van der Waals surface area (Å²) in [7, 11) is 0. The number of fused-ring (bicyclic) bond motifs is 1. The zero-order valence-corrected chi connectivity index (χ0v) is 18.1.